The quantitative estimate of drug-likeness (QED) is 0.178. The largest absolute Gasteiger partial charge is 0.309 e. The van der Waals surface area contributed by atoms with Crippen LogP contribution in [0.2, 0.25) is 0 Å². The Bertz CT molecular complexity index is 3030. The van der Waals surface area contributed by atoms with Gasteiger partial charge in [-0.1, -0.05) is 164 Å². The molecule has 0 spiro atoms. The van der Waals surface area contributed by atoms with E-state index in [1.807, 2.05) is 12.1 Å². The van der Waals surface area contributed by atoms with Gasteiger partial charge in [0.05, 0.1) is 34.0 Å². The highest BCUT2D eigenvalue weighted by molar-refractivity contribution is 6.12. The van der Waals surface area contributed by atoms with E-state index in [1.165, 1.54) is 32.8 Å². The predicted octanol–water partition coefficient (Wildman–Crippen LogP) is 13.7. The molecule has 1 aliphatic rings. The van der Waals surface area contributed by atoms with Gasteiger partial charge in [-0.3, -0.25) is 4.90 Å². The summed E-state index contributed by atoms with van der Waals surface area (Å²) in [5, 5.41) is 3.66. The van der Waals surface area contributed by atoms with Crippen LogP contribution >= 0.6 is 0 Å². The minimum atomic E-state index is 0.615. The molecule has 1 aliphatic heterocycles. The molecule has 56 heavy (non-hydrogen) atoms. The Balaban J connectivity index is 1.18. The number of anilines is 3. The summed E-state index contributed by atoms with van der Waals surface area (Å²) in [6.45, 7) is 0. The lowest BCUT2D eigenvalue weighted by Gasteiger charge is -2.26. The van der Waals surface area contributed by atoms with Crippen LogP contribution in [0.1, 0.15) is 0 Å². The lowest BCUT2D eigenvalue weighted by atomic mass is 9.98. The van der Waals surface area contributed by atoms with Crippen molar-refractivity contribution in [3.63, 3.8) is 0 Å². The highest BCUT2D eigenvalue weighted by Crippen LogP contribution is 2.54. The maximum absolute atomic E-state index is 5.36. The minimum absolute atomic E-state index is 0.615. The molecular formula is C52H34N4. The first-order valence-electron chi connectivity index (χ1n) is 19.0. The van der Waals surface area contributed by atoms with Crippen LogP contribution in [-0.4, -0.2) is 14.5 Å². The summed E-state index contributed by atoms with van der Waals surface area (Å²) < 4.78 is 2.45. The van der Waals surface area contributed by atoms with Gasteiger partial charge in [-0.2, -0.15) is 0 Å². The topological polar surface area (TPSA) is 34.0 Å². The van der Waals surface area contributed by atoms with Crippen molar-refractivity contribution in [1.29, 1.82) is 0 Å². The van der Waals surface area contributed by atoms with E-state index in [2.05, 4.69) is 204 Å². The third kappa shape index (κ3) is 5.23. The summed E-state index contributed by atoms with van der Waals surface area (Å²) in [7, 11) is 0. The van der Waals surface area contributed by atoms with Crippen molar-refractivity contribution in [3.05, 3.63) is 206 Å². The summed E-state index contributed by atoms with van der Waals surface area (Å²) in [4.78, 5) is 13.0. The van der Waals surface area contributed by atoms with E-state index in [4.69, 9.17) is 9.97 Å². The van der Waals surface area contributed by atoms with Crippen LogP contribution < -0.4 is 4.90 Å². The van der Waals surface area contributed by atoms with Gasteiger partial charge in [0.25, 0.3) is 0 Å². The van der Waals surface area contributed by atoms with Crippen molar-refractivity contribution in [2.45, 2.75) is 0 Å². The summed E-state index contributed by atoms with van der Waals surface area (Å²) in [6.07, 6.45) is 0. The van der Waals surface area contributed by atoms with Crippen molar-refractivity contribution in [3.8, 4) is 61.7 Å². The van der Waals surface area contributed by atoms with Gasteiger partial charge in [-0.15, -0.1) is 0 Å². The zero-order chi connectivity index (χ0) is 37.0. The van der Waals surface area contributed by atoms with Gasteiger partial charge in [0.15, 0.2) is 0 Å². The van der Waals surface area contributed by atoms with Crippen LogP contribution in [0.5, 0.6) is 0 Å². The molecule has 2 aromatic heterocycles. The van der Waals surface area contributed by atoms with Gasteiger partial charge in [0.2, 0.25) is 5.95 Å². The molecule has 10 aromatic rings. The monoisotopic (exact) mass is 714 g/mol. The molecule has 0 bridgehead atoms. The van der Waals surface area contributed by atoms with Crippen LogP contribution in [-0.2, 0) is 0 Å². The molecule has 4 heteroatoms. The molecule has 0 N–H and O–H groups in total. The van der Waals surface area contributed by atoms with E-state index in [0.29, 0.717) is 5.95 Å². The lowest BCUT2D eigenvalue weighted by Crippen LogP contribution is -2.15. The van der Waals surface area contributed by atoms with Crippen LogP contribution in [0.3, 0.4) is 0 Å². The fraction of sp³-hybridized carbons (Fsp3) is 0. The van der Waals surface area contributed by atoms with Gasteiger partial charge >= 0.3 is 0 Å². The van der Waals surface area contributed by atoms with E-state index in [-0.39, 0.29) is 0 Å². The number of hydrogen-bond donors (Lipinski definition) is 0. The van der Waals surface area contributed by atoms with Gasteiger partial charge in [-0.05, 0) is 64.4 Å². The number of para-hydroxylation sites is 3. The fourth-order valence-electron chi connectivity index (χ4n) is 8.37. The Hall–Kier alpha value is -7.56. The summed E-state index contributed by atoms with van der Waals surface area (Å²) in [5.74, 6) is 0.615. The minimum Gasteiger partial charge on any atom is -0.309 e. The zero-order valence-corrected chi connectivity index (χ0v) is 30.4. The van der Waals surface area contributed by atoms with Crippen LogP contribution in [0.4, 0.5) is 17.3 Å². The third-order valence-electron chi connectivity index (χ3n) is 10.9. The molecule has 0 radical (unpaired) electrons. The fourth-order valence-corrected chi connectivity index (χ4v) is 8.37. The van der Waals surface area contributed by atoms with Crippen LogP contribution in [0.15, 0.2) is 206 Å². The molecule has 0 atom stereocenters. The van der Waals surface area contributed by atoms with Crippen LogP contribution in [0.25, 0.3) is 83.4 Å². The molecule has 0 amide bonds. The number of fused-ring (bicyclic) bond motifs is 8. The van der Waals surface area contributed by atoms with Crippen molar-refractivity contribution in [2.24, 2.45) is 0 Å². The van der Waals surface area contributed by atoms with Crippen molar-refractivity contribution in [1.82, 2.24) is 14.5 Å². The summed E-state index contributed by atoms with van der Waals surface area (Å²) in [5.41, 5.74) is 15.0. The van der Waals surface area contributed by atoms with E-state index in [0.717, 1.165) is 61.9 Å². The number of benzene rings is 8. The van der Waals surface area contributed by atoms with Crippen molar-refractivity contribution >= 4 is 39.0 Å². The second kappa shape index (κ2) is 13.1. The molecule has 0 unspecified atom stereocenters. The van der Waals surface area contributed by atoms with E-state index in [1.54, 1.807) is 0 Å². The lowest BCUT2D eigenvalue weighted by molar-refractivity contribution is 1.09. The molecule has 3 heterocycles. The average Bonchev–Trinajstić information content (AvgIpc) is 3.56. The Morgan fingerprint density at radius 2 is 0.946 bits per heavy atom. The van der Waals surface area contributed by atoms with Gasteiger partial charge < -0.3 is 4.57 Å². The standard InChI is InChI=1S/C52H34N4/c1-3-17-36(18-4-1)45-34-46(37-19-5-2-6-20-37)54-52(53-45)56-48-28-13-10-25-43(48)50-42-24-9-12-27-47(42)55(51(50)44-26-11-14-29-49(44)56)41-23-15-22-39(33-41)40-31-30-35-16-7-8-21-38(35)32-40/h1-34H. The third-order valence-corrected chi connectivity index (χ3v) is 10.9. The number of aromatic nitrogens is 3. The summed E-state index contributed by atoms with van der Waals surface area (Å²) in [6, 6.07) is 73.3. The highest BCUT2D eigenvalue weighted by Gasteiger charge is 2.32. The molecule has 4 nitrogen and oxygen atoms in total. The molecule has 11 rings (SSSR count). The number of hydrogen-bond acceptors (Lipinski definition) is 3. The molecular weight excluding hydrogens is 681 g/mol. The molecule has 262 valence electrons. The second-order valence-corrected chi connectivity index (χ2v) is 14.2. The highest BCUT2D eigenvalue weighted by atomic mass is 15.3. The molecule has 0 saturated carbocycles. The van der Waals surface area contributed by atoms with Gasteiger partial charge in [-0.25, -0.2) is 9.97 Å². The van der Waals surface area contributed by atoms with Crippen molar-refractivity contribution in [2.75, 3.05) is 4.90 Å². The first kappa shape index (κ1) is 31.9. The average molecular weight is 715 g/mol. The second-order valence-electron chi connectivity index (χ2n) is 14.2. The molecule has 0 aliphatic carbocycles. The normalized spacial score (nSPS) is 11.9. The van der Waals surface area contributed by atoms with Crippen molar-refractivity contribution < 1.29 is 0 Å². The molecule has 0 fully saturated rings. The van der Waals surface area contributed by atoms with Gasteiger partial charge in [0, 0.05) is 38.9 Å². The van der Waals surface area contributed by atoms with E-state index in [9.17, 15) is 0 Å². The predicted molar refractivity (Wildman–Crippen MR) is 232 cm³/mol. The maximum Gasteiger partial charge on any atom is 0.235 e. The Morgan fingerprint density at radius 3 is 1.70 bits per heavy atom. The van der Waals surface area contributed by atoms with E-state index >= 15 is 0 Å². The number of nitrogens with zero attached hydrogens (tertiary/aromatic N) is 4. The first-order valence-corrected chi connectivity index (χ1v) is 19.0. The number of rotatable bonds is 5. The SMILES string of the molecule is c1ccc(-c2cc(-c3ccccc3)nc(N3c4ccccc4-c4c(n(-c5cccc(-c6ccc7ccccc7c6)c5)c5ccccc45)-c4ccccc43)n2)cc1. The Kier molecular flexibility index (Phi) is 7.46. The molecule has 0 saturated heterocycles. The van der Waals surface area contributed by atoms with E-state index < -0.39 is 0 Å². The Labute approximate surface area is 325 Å². The summed E-state index contributed by atoms with van der Waals surface area (Å²) >= 11 is 0. The molecule has 8 aromatic carbocycles. The smallest absolute Gasteiger partial charge is 0.235 e. The van der Waals surface area contributed by atoms with Gasteiger partial charge in [0.1, 0.15) is 0 Å². The van der Waals surface area contributed by atoms with Crippen LogP contribution in [0, 0.1) is 0 Å². The maximum atomic E-state index is 5.36. The first-order chi connectivity index (χ1) is 27.8. The zero-order valence-electron chi connectivity index (χ0n) is 30.4. The Morgan fingerprint density at radius 1 is 0.375 bits per heavy atom.